The predicted molar refractivity (Wildman–Crippen MR) is 177 cm³/mol. The summed E-state index contributed by atoms with van der Waals surface area (Å²) in [4.78, 5) is 36.7. The van der Waals surface area contributed by atoms with Crippen molar-refractivity contribution in [3.05, 3.63) is 47.0 Å². The number of carbonyl (C=O) groups is 3. The van der Waals surface area contributed by atoms with E-state index in [0.717, 1.165) is 42.5 Å². The highest BCUT2D eigenvalue weighted by Crippen LogP contribution is 2.52. The third-order valence-electron chi connectivity index (χ3n) is 9.57. The summed E-state index contributed by atoms with van der Waals surface area (Å²) in [5, 5.41) is 0. The highest BCUT2D eigenvalue weighted by molar-refractivity contribution is 5.86. The van der Waals surface area contributed by atoms with E-state index in [1.165, 1.54) is 95.6 Å². The highest BCUT2D eigenvalue weighted by Gasteiger charge is 2.45. The third-order valence-corrected chi connectivity index (χ3v) is 9.57. The molecule has 46 heavy (non-hydrogen) atoms. The third kappa shape index (κ3) is 10.3. The minimum absolute atomic E-state index is 0. The van der Waals surface area contributed by atoms with Gasteiger partial charge in [0.2, 0.25) is 6.73 Å². The van der Waals surface area contributed by atoms with E-state index in [1.54, 1.807) is 6.07 Å². The van der Waals surface area contributed by atoms with Gasteiger partial charge in [-0.05, 0) is 29.2 Å². The molecule has 0 N–H and O–H groups in total. The number of benzene rings is 2. The molecule has 8 heteroatoms. The lowest BCUT2D eigenvalue weighted by atomic mass is 9.76. The van der Waals surface area contributed by atoms with Gasteiger partial charge in [-0.25, -0.2) is 0 Å². The zero-order chi connectivity index (χ0) is 32.2. The number of unbranched alkanes of at least 4 members (excludes halogenated alkanes) is 12. The fraction of sp³-hybridized carbons (Fsp3) is 0.605. The molecule has 2 atom stereocenters. The summed E-state index contributed by atoms with van der Waals surface area (Å²) in [6.45, 7) is 6.14. The average molecular weight is 748 g/mol. The van der Waals surface area contributed by atoms with Crippen LogP contribution in [0.1, 0.15) is 133 Å². The van der Waals surface area contributed by atoms with E-state index in [1.807, 2.05) is 18.2 Å². The van der Waals surface area contributed by atoms with Gasteiger partial charge in [0.25, 0.3) is 0 Å². The number of hydrogen-bond acceptors (Lipinski definition) is 6. The molecule has 0 spiro atoms. The SMILES string of the molecule is CCCCCCCCCCCCCCCC(=O)OC[N+]1(C)CCc2cccc3c2[C@@H]1Cc1ccc(OC(C)=O)c(OC(C)=O)c1-3.[I-]. The monoisotopic (exact) mass is 747 g/mol. The minimum atomic E-state index is -0.475. The smallest absolute Gasteiger partial charge is 0.310 e. The number of likely N-dealkylation sites (N-methyl/N-ethyl adjacent to an activating group) is 1. The molecule has 0 bridgehead atoms. The molecule has 0 radical (unpaired) electrons. The molecule has 2 aromatic rings. The Morgan fingerprint density at radius 3 is 2.00 bits per heavy atom. The van der Waals surface area contributed by atoms with Gasteiger partial charge >= 0.3 is 17.9 Å². The van der Waals surface area contributed by atoms with Gasteiger partial charge in [-0.2, -0.15) is 0 Å². The van der Waals surface area contributed by atoms with E-state index in [9.17, 15) is 14.4 Å². The van der Waals surface area contributed by atoms with Crippen LogP contribution in [0.3, 0.4) is 0 Å². The Kier molecular flexibility index (Phi) is 15.5. The van der Waals surface area contributed by atoms with Gasteiger partial charge in [-0.15, -0.1) is 0 Å². The number of rotatable bonds is 18. The molecule has 0 saturated carbocycles. The first kappa shape index (κ1) is 38.0. The molecule has 2 aromatic carbocycles. The van der Waals surface area contributed by atoms with Gasteiger partial charge in [0.1, 0.15) is 6.04 Å². The largest absolute Gasteiger partial charge is 1.00 e. The molecule has 0 amide bonds. The molecule has 1 aliphatic carbocycles. The van der Waals surface area contributed by atoms with Crippen LogP contribution >= 0.6 is 0 Å². The Labute approximate surface area is 293 Å². The molecule has 4 rings (SSSR count). The summed E-state index contributed by atoms with van der Waals surface area (Å²) in [7, 11) is 2.17. The number of ether oxygens (including phenoxy) is 3. The number of carbonyl (C=O) groups excluding carboxylic acids is 3. The number of hydrogen-bond donors (Lipinski definition) is 0. The van der Waals surface area contributed by atoms with Gasteiger partial charge < -0.3 is 38.2 Å². The van der Waals surface area contributed by atoms with Crippen molar-refractivity contribution in [1.29, 1.82) is 0 Å². The standard InChI is InChI=1S/C38H54NO6.HI/c1-5-6-7-8-9-10-11-12-13-14-15-16-17-21-35(42)43-27-39(4)25-24-30-19-18-20-32-36(30)33(39)26-31-22-23-34(44-28(2)40)38(37(31)32)45-29(3)41;/h18-20,22-23,33H,5-17,21,24-27H2,1-4H3;1H/q+1;/p-1/t33-,39?;/m0./s1. The molecule has 1 aliphatic heterocycles. The number of halogens is 1. The molecule has 0 aromatic heterocycles. The lowest BCUT2D eigenvalue weighted by molar-refractivity contribution is -0.956. The number of nitrogens with zero attached hydrogens (tertiary/aromatic N) is 1. The fourth-order valence-electron chi connectivity index (χ4n) is 7.10. The number of esters is 3. The van der Waals surface area contributed by atoms with Crippen molar-refractivity contribution < 1.29 is 57.1 Å². The molecule has 0 fully saturated rings. The van der Waals surface area contributed by atoms with Crippen LogP contribution in [0.15, 0.2) is 30.3 Å². The van der Waals surface area contributed by atoms with Crippen molar-refractivity contribution >= 4 is 17.9 Å². The zero-order valence-corrected chi connectivity index (χ0v) is 30.6. The molecule has 2 aliphatic rings. The summed E-state index contributed by atoms with van der Waals surface area (Å²) < 4.78 is 17.6. The van der Waals surface area contributed by atoms with Crippen molar-refractivity contribution in [2.45, 2.75) is 130 Å². The van der Waals surface area contributed by atoms with E-state index >= 15 is 0 Å². The first-order valence-corrected chi connectivity index (χ1v) is 17.4. The Hall–Kier alpha value is -2.46. The highest BCUT2D eigenvalue weighted by atomic mass is 127. The molecule has 254 valence electrons. The molecular formula is C38H54INO6. The van der Waals surface area contributed by atoms with Gasteiger partial charge in [-0.1, -0.05) is 108 Å². The van der Waals surface area contributed by atoms with Crippen molar-refractivity contribution in [2.75, 3.05) is 20.3 Å². The molecule has 7 nitrogen and oxygen atoms in total. The minimum Gasteiger partial charge on any atom is -1.00 e. The van der Waals surface area contributed by atoms with Gasteiger partial charge in [-0.3, -0.25) is 18.9 Å². The quantitative estimate of drug-likeness (QED) is 0.0633. The van der Waals surface area contributed by atoms with Crippen LogP contribution in [0.25, 0.3) is 11.1 Å². The van der Waals surface area contributed by atoms with Gasteiger partial charge in [0.05, 0.1) is 13.6 Å². The Morgan fingerprint density at radius 1 is 0.783 bits per heavy atom. The summed E-state index contributed by atoms with van der Waals surface area (Å²) in [5.41, 5.74) is 5.24. The van der Waals surface area contributed by atoms with Gasteiger partial charge in [0.15, 0.2) is 11.5 Å². The number of quaternary nitrogens is 1. The second kappa shape index (κ2) is 18.8. The first-order chi connectivity index (χ1) is 21.7. The van der Waals surface area contributed by atoms with E-state index in [0.29, 0.717) is 24.1 Å². The van der Waals surface area contributed by atoms with E-state index in [-0.39, 0.29) is 47.5 Å². The van der Waals surface area contributed by atoms with Crippen LogP contribution in [0.5, 0.6) is 11.5 Å². The van der Waals surface area contributed by atoms with E-state index in [4.69, 9.17) is 14.2 Å². The second-order valence-electron chi connectivity index (χ2n) is 13.3. The summed E-state index contributed by atoms with van der Waals surface area (Å²) in [6, 6.07) is 9.98. The summed E-state index contributed by atoms with van der Waals surface area (Å²) >= 11 is 0. The van der Waals surface area contributed by atoms with Crippen molar-refractivity contribution in [3.63, 3.8) is 0 Å². The fourth-order valence-corrected chi connectivity index (χ4v) is 7.10. The lowest BCUT2D eigenvalue weighted by Gasteiger charge is -2.47. The van der Waals surface area contributed by atoms with E-state index < -0.39 is 11.9 Å². The molecule has 0 saturated heterocycles. The zero-order valence-electron chi connectivity index (χ0n) is 28.5. The Bertz CT molecular complexity index is 1330. The maximum Gasteiger partial charge on any atom is 0.310 e. The van der Waals surface area contributed by atoms with Gasteiger partial charge in [0, 0.05) is 44.2 Å². The Balaban J connectivity index is 0.00000576. The van der Waals surface area contributed by atoms with Crippen LogP contribution < -0.4 is 33.5 Å². The van der Waals surface area contributed by atoms with Crippen LogP contribution in [0, 0.1) is 0 Å². The molecule has 1 unspecified atom stereocenters. The second-order valence-corrected chi connectivity index (χ2v) is 13.3. The van der Waals surface area contributed by atoms with Crippen molar-refractivity contribution in [2.24, 2.45) is 0 Å². The van der Waals surface area contributed by atoms with Crippen LogP contribution in [-0.2, 0) is 32.0 Å². The topological polar surface area (TPSA) is 78.9 Å². The lowest BCUT2D eigenvalue weighted by Crippen LogP contribution is -3.00. The predicted octanol–water partition coefficient (Wildman–Crippen LogP) is 5.79. The van der Waals surface area contributed by atoms with Crippen LogP contribution in [0.2, 0.25) is 0 Å². The normalized spacial score (nSPS) is 17.7. The number of fused-ring (bicyclic) bond motifs is 2. The first-order valence-electron chi connectivity index (χ1n) is 17.4. The van der Waals surface area contributed by atoms with Crippen molar-refractivity contribution in [1.82, 2.24) is 0 Å². The molecule has 1 heterocycles. The summed E-state index contributed by atoms with van der Waals surface area (Å²) in [5.74, 6) is -0.540. The van der Waals surface area contributed by atoms with Crippen LogP contribution in [-0.4, -0.2) is 42.7 Å². The maximum absolute atomic E-state index is 12.8. The van der Waals surface area contributed by atoms with Crippen LogP contribution in [0.4, 0.5) is 0 Å². The maximum atomic E-state index is 12.8. The summed E-state index contributed by atoms with van der Waals surface area (Å²) in [6.07, 6.45) is 18.6. The van der Waals surface area contributed by atoms with Crippen molar-refractivity contribution in [3.8, 4) is 22.6 Å². The average Bonchev–Trinajstić information content (AvgIpc) is 3.01. The molecular weight excluding hydrogens is 693 g/mol. The Morgan fingerprint density at radius 2 is 1.39 bits per heavy atom. The van der Waals surface area contributed by atoms with E-state index in [2.05, 4.69) is 20.0 Å².